The number of aromatic nitrogens is 1. The van der Waals surface area contributed by atoms with Gasteiger partial charge in [0.25, 0.3) is 0 Å². The average molecular weight is 319 g/mol. The average Bonchev–Trinajstić information content (AvgIpc) is 2.53. The summed E-state index contributed by atoms with van der Waals surface area (Å²) in [6.07, 6.45) is 2.92. The largest absolute Gasteiger partial charge is 0.480 e. The first-order valence-electron chi connectivity index (χ1n) is 6.48. The highest BCUT2D eigenvalue weighted by molar-refractivity contribution is 5.83. The molecule has 23 heavy (non-hydrogen) atoms. The van der Waals surface area contributed by atoms with Gasteiger partial charge in [0.05, 0.1) is 11.8 Å². The second-order valence-electron chi connectivity index (χ2n) is 4.33. The number of halogens is 3. The number of hydrazone groups is 1. The molecule has 0 fully saturated rings. The Hall–Kier alpha value is -3.01. The van der Waals surface area contributed by atoms with Crippen LogP contribution in [0.5, 0.6) is 5.75 Å². The van der Waals surface area contributed by atoms with E-state index in [-0.39, 0.29) is 12.4 Å². The Morgan fingerprint density at radius 1 is 1.26 bits per heavy atom. The minimum absolute atomic E-state index is 0.124. The fourth-order valence-electron chi connectivity index (χ4n) is 1.63. The van der Waals surface area contributed by atoms with Crippen LogP contribution in [0.4, 0.5) is 19.0 Å². The van der Waals surface area contributed by atoms with Crippen LogP contribution in [0.15, 0.2) is 47.7 Å². The first kappa shape index (κ1) is 16.4. The van der Waals surface area contributed by atoms with Crippen LogP contribution in [0, 0.1) is 12.3 Å². The Bertz CT molecular complexity index is 719. The number of alkyl halides is 3. The summed E-state index contributed by atoms with van der Waals surface area (Å²) < 4.78 is 42.6. The zero-order valence-electron chi connectivity index (χ0n) is 11.8. The second-order valence-corrected chi connectivity index (χ2v) is 4.33. The summed E-state index contributed by atoms with van der Waals surface area (Å²) in [4.78, 5) is 3.65. The molecular formula is C16H12F3N3O. The summed E-state index contributed by atoms with van der Waals surface area (Å²) in [7, 11) is 0. The number of ether oxygens (including phenoxy) is 1. The number of hydrogen-bond donors (Lipinski definition) is 1. The number of hydrogen-bond acceptors (Lipinski definition) is 4. The fourth-order valence-corrected chi connectivity index (χ4v) is 1.63. The van der Waals surface area contributed by atoms with Crippen molar-refractivity contribution >= 4 is 12.0 Å². The van der Waals surface area contributed by atoms with Crippen LogP contribution in [-0.4, -0.2) is 17.8 Å². The highest BCUT2D eigenvalue weighted by Gasteiger charge is 2.30. The highest BCUT2D eigenvalue weighted by Crippen LogP contribution is 2.28. The topological polar surface area (TPSA) is 46.5 Å². The van der Waals surface area contributed by atoms with Gasteiger partial charge in [-0.3, -0.25) is 5.43 Å². The first-order chi connectivity index (χ1) is 11.0. The van der Waals surface area contributed by atoms with E-state index in [1.807, 2.05) is 0 Å². The predicted octanol–water partition coefficient (Wildman–Crippen LogP) is 3.56. The minimum Gasteiger partial charge on any atom is -0.480 e. The maximum absolute atomic E-state index is 12.4. The quantitative estimate of drug-likeness (QED) is 0.521. The molecule has 0 radical (unpaired) electrons. The van der Waals surface area contributed by atoms with Crippen LogP contribution in [-0.2, 0) is 6.18 Å². The van der Waals surface area contributed by atoms with E-state index in [9.17, 15) is 13.2 Å². The third kappa shape index (κ3) is 4.74. The zero-order chi connectivity index (χ0) is 16.7. The van der Waals surface area contributed by atoms with Gasteiger partial charge in [-0.2, -0.15) is 18.3 Å². The lowest BCUT2D eigenvalue weighted by Gasteiger charge is -2.07. The Morgan fingerprint density at radius 3 is 2.70 bits per heavy atom. The Balaban J connectivity index is 2.03. The van der Waals surface area contributed by atoms with Crippen molar-refractivity contribution in [2.24, 2.45) is 5.10 Å². The summed E-state index contributed by atoms with van der Waals surface area (Å²) in [5.74, 6) is 3.10. The minimum atomic E-state index is -4.41. The van der Waals surface area contributed by atoms with E-state index in [2.05, 4.69) is 21.4 Å². The van der Waals surface area contributed by atoms with Crippen LogP contribution in [0.3, 0.4) is 0 Å². The molecule has 0 bridgehead atoms. The lowest BCUT2D eigenvalue weighted by atomic mass is 10.2. The Morgan fingerprint density at radius 2 is 2.04 bits per heavy atom. The van der Waals surface area contributed by atoms with Gasteiger partial charge in [0.15, 0.2) is 0 Å². The van der Waals surface area contributed by atoms with Crippen molar-refractivity contribution in [3.63, 3.8) is 0 Å². The molecule has 118 valence electrons. The van der Waals surface area contributed by atoms with Gasteiger partial charge in [0, 0.05) is 11.8 Å². The van der Waals surface area contributed by atoms with E-state index in [1.54, 1.807) is 24.3 Å². The van der Waals surface area contributed by atoms with Crippen LogP contribution in [0.25, 0.3) is 0 Å². The lowest BCUT2D eigenvalue weighted by molar-refractivity contribution is -0.137. The third-order valence-electron chi connectivity index (χ3n) is 2.70. The van der Waals surface area contributed by atoms with Gasteiger partial charge in [-0.1, -0.05) is 18.1 Å². The number of terminal acetylenes is 1. The number of benzene rings is 1. The number of rotatable bonds is 5. The molecule has 1 N–H and O–H groups in total. The summed E-state index contributed by atoms with van der Waals surface area (Å²) in [5, 5.41) is 3.92. The van der Waals surface area contributed by atoms with E-state index >= 15 is 0 Å². The van der Waals surface area contributed by atoms with E-state index in [0.29, 0.717) is 11.3 Å². The smallest absolute Gasteiger partial charge is 0.417 e. The molecule has 0 saturated heterocycles. The van der Waals surface area contributed by atoms with Crippen molar-refractivity contribution in [2.75, 3.05) is 12.0 Å². The molecule has 0 aliphatic rings. The SMILES string of the molecule is C#CCOc1ccccc1/C=N\Nc1ccc(C(F)(F)F)cn1. The molecule has 1 aromatic carbocycles. The van der Waals surface area contributed by atoms with Crippen molar-refractivity contribution in [3.8, 4) is 18.1 Å². The summed E-state index contributed by atoms with van der Waals surface area (Å²) in [6.45, 7) is 0.124. The lowest BCUT2D eigenvalue weighted by Crippen LogP contribution is -2.05. The highest BCUT2D eigenvalue weighted by atomic mass is 19.4. The molecular weight excluding hydrogens is 307 g/mol. The molecule has 2 aromatic rings. The Kier molecular flexibility index (Phi) is 5.20. The van der Waals surface area contributed by atoms with Crippen molar-refractivity contribution < 1.29 is 17.9 Å². The van der Waals surface area contributed by atoms with Crippen molar-refractivity contribution in [1.82, 2.24) is 4.98 Å². The van der Waals surface area contributed by atoms with Crippen LogP contribution in [0.2, 0.25) is 0 Å². The number of anilines is 1. The molecule has 2 rings (SSSR count). The first-order valence-corrected chi connectivity index (χ1v) is 6.48. The molecule has 1 heterocycles. The van der Waals surface area contributed by atoms with E-state index in [0.717, 1.165) is 12.3 Å². The molecule has 0 aliphatic heterocycles. The number of pyridine rings is 1. The van der Waals surface area contributed by atoms with Crippen LogP contribution in [0.1, 0.15) is 11.1 Å². The molecule has 7 heteroatoms. The van der Waals surface area contributed by atoms with Crippen molar-refractivity contribution in [2.45, 2.75) is 6.18 Å². The van der Waals surface area contributed by atoms with E-state index in [1.165, 1.54) is 12.3 Å². The van der Waals surface area contributed by atoms with E-state index in [4.69, 9.17) is 11.2 Å². The summed E-state index contributed by atoms with van der Waals surface area (Å²) in [5.41, 5.74) is 2.40. The van der Waals surface area contributed by atoms with Crippen LogP contribution >= 0.6 is 0 Å². The molecule has 0 saturated carbocycles. The monoisotopic (exact) mass is 319 g/mol. The van der Waals surface area contributed by atoms with Crippen molar-refractivity contribution in [3.05, 3.63) is 53.7 Å². The molecule has 4 nitrogen and oxygen atoms in total. The van der Waals surface area contributed by atoms with Gasteiger partial charge < -0.3 is 4.74 Å². The number of nitrogens with zero attached hydrogens (tertiary/aromatic N) is 2. The zero-order valence-corrected chi connectivity index (χ0v) is 11.8. The third-order valence-corrected chi connectivity index (χ3v) is 2.70. The predicted molar refractivity (Wildman–Crippen MR) is 81.2 cm³/mol. The van der Waals surface area contributed by atoms with Crippen molar-refractivity contribution in [1.29, 1.82) is 0 Å². The molecule has 1 aromatic heterocycles. The molecule has 0 aliphatic carbocycles. The van der Waals surface area contributed by atoms with Gasteiger partial charge in [-0.05, 0) is 24.3 Å². The van der Waals surface area contributed by atoms with Gasteiger partial charge in [0.1, 0.15) is 18.2 Å². The number of nitrogens with one attached hydrogen (secondary N) is 1. The van der Waals surface area contributed by atoms with Crippen LogP contribution < -0.4 is 10.2 Å². The maximum atomic E-state index is 12.4. The second kappa shape index (κ2) is 7.31. The molecule has 0 unspecified atom stereocenters. The molecule has 0 spiro atoms. The van der Waals surface area contributed by atoms with Gasteiger partial charge in [0.2, 0.25) is 0 Å². The summed E-state index contributed by atoms with van der Waals surface area (Å²) >= 11 is 0. The summed E-state index contributed by atoms with van der Waals surface area (Å²) in [6, 6.07) is 9.19. The van der Waals surface area contributed by atoms with Gasteiger partial charge in [-0.15, -0.1) is 6.42 Å². The molecule has 0 atom stereocenters. The fraction of sp³-hybridized carbons (Fsp3) is 0.125. The van der Waals surface area contributed by atoms with Gasteiger partial charge >= 0.3 is 6.18 Å². The Labute approximate surface area is 131 Å². The molecule has 0 amide bonds. The standard InChI is InChI=1S/C16H12F3N3O/c1-2-9-23-14-6-4-3-5-12(14)10-21-22-15-8-7-13(11-20-15)16(17,18)19/h1,3-8,10-11H,9H2,(H,20,22)/b21-10-. The number of para-hydroxylation sites is 1. The van der Waals surface area contributed by atoms with Gasteiger partial charge in [-0.25, -0.2) is 4.98 Å². The maximum Gasteiger partial charge on any atom is 0.417 e. The normalized spacial score (nSPS) is 11.2. The van der Waals surface area contributed by atoms with E-state index < -0.39 is 11.7 Å².